The van der Waals surface area contributed by atoms with E-state index >= 15 is 0 Å². The first kappa shape index (κ1) is 14.4. The summed E-state index contributed by atoms with van der Waals surface area (Å²) in [5, 5.41) is 13.5. The highest BCUT2D eigenvalue weighted by atomic mass is 32.1. The molecule has 0 N–H and O–H groups in total. The fourth-order valence-electron chi connectivity index (χ4n) is 1.85. The van der Waals surface area contributed by atoms with Gasteiger partial charge in [0.25, 0.3) is 0 Å². The number of thiophene rings is 1. The van der Waals surface area contributed by atoms with Gasteiger partial charge in [-0.1, -0.05) is 24.3 Å². The van der Waals surface area contributed by atoms with Crippen LogP contribution < -0.4 is 0 Å². The van der Waals surface area contributed by atoms with Crippen LogP contribution in [0.25, 0.3) is 9.88 Å². The van der Waals surface area contributed by atoms with Crippen LogP contribution in [0, 0.1) is 11.3 Å². The van der Waals surface area contributed by atoms with Crippen molar-refractivity contribution in [3.8, 4) is 16.0 Å². The summed E-state index contributed by atoms with van der Waals surface area (Å²) in [7, 11) is 0. The summed E-state index contributed by atoms with van der Waals surface area (Å²) < 4.78 is 5.24. The lowest BCUT2D eigenvalue weighted by atomic mass is 10.1. The van der Waals surface area contributed by atoms with Gasteiger partial charge in [-0.3, -0.25) is 0 Å². The summed E-state index contributed by atoms with van der Waals surface area (Å²) in [5.74, 6) is -0.480. The summed E-state index contributed by atoms with van der Waals surface area (Å²) in [6.07, 6.45) is 0. The Morgan fingerprint density at radius 3 is 2.86 bits per heavy atom. The summed E-state index contributed by atoms with van der Waals surface area (Å²) in [5.41, 5.74) is 1.49. The smallest absolute Gasteiger partial charge is 0.358 e. The van der Waals surface area contributed by atoms with Crippen molar-refractivity contribution >= 4 is 28.6 Å². The first-order valence-corrected chi connectivity index (χ1v) is 8.18. The molecular formula is C16H10N2O2S2. The van der Waals surface area contributed by atoms with E-state index in [2.05, 4.69) is 11.1 Å². The van der Waals surface area contributed by atoms with Crippen LogP contribution in [0.2, 0.25) is 0 Å². The molecule has 0 fully saturated rings. The fraction of sp³-hybridized carbons (Fsp3) is 0.0625. The molecule has 0 spiro atoms. The van der Waals surface area contributed by atoms with Crippen molar-refractivity contribution in [1.82, 2.24) is 4.98 Å². The lowest BCUT2D eigenvalue weighted by Gasteiger charge is -2.04. The minimum atomic E-state index is -0.480. The van der Waals surface area contributed by atoms with Crippen molar-refractivity contribution < 1.29 is 9.53 Å². The molecule has 0 amide bonds. The molecule has 6 heteroatoms. The van der Waals surface area contributed by atoms with Gasteiger partial charge in [0, 0.05) is 10.9 Å². The van der Waals surface area contributed by atoms with Crippen molar-refractivity contribution in [3.05, 3.63) is 64.0 Å². The second kappa shape index (κ2) is 6.52. The number of aromatic nitrogens is 1. The molecule has 0 aliphatic carbocycles. The van der Waals surface area contributed by atoms with E-state index in [1.54, 1.807) is 34.9 Å². The van der Waals surface area contributed by atoms with E-state index in [1.165, 1.54) is 11.3 Å². The largest absolute Gasteiger partial charge is 0.456 e. The molecule has 4 nitrogen and oxygen atoms in total. The van der Waals surface area contributed by atoms with E-state index in [4.69, 9.17) is 10.00 Å². The number of carbonyl (C=O) groups excluding carboxylic acids is 1. The van der Waals surface area contributed by atoms with Crippen LogP contribution in [0.3, 0.4) is 0 Å². The molecule has 3 aromatic rings. The molecule has 1 aromatic carbocycles. The molecule has 0 saturated heterocycles. The number of ether oxygens (including phenoxy) is 1. The van der Waals surface area contributed by atoms with Crippen LogP contribution in [0.4, 0.5) is 0 Å². The summed E-state index contributed by atoms with van der Waals surface area (Å²) in [6.45, 7) is 0.0639. The number of hydrogen-bond acceptors (Lipinski definition) is 6. The average molecular weight is 326 g/mol. The maximum atomic E-state index is 12.0. The number of hydrogen-bond donors (Lipinski definition) is 0. The highest BCUT2D eigenvalue weighted by Gasteiger charge is 2.14. The standard InChI is InChI=1S/C16H10N2O2S2/c17-8-11-4-1-2-5-12(11)9-20-16(19)13-10-22-15(18-13)14-6-3-7-21-14/h1-7,10H,9H2. The van der Waals surface area contributed by atoms with Gasteiger partial charge in [0.2, 0.25) is 0 Å². The fourth-order valence-corrected chi connectivity index (χ4v) is 3.46. The van der Waals surface area contributed by atoms with Crippen LogP contribution in [0.15, 0.2) is 47.2 Å². The van der Waals surface area contributed by atoms with Gasteiger partial charge in [-0.05, 0) is 17.5 Å². The Bertz CT molecular complexity index is 832. The quantitative estimate of drug-likeness (QED) is 0.677. The number of thiazole rings is 1. The number of esters is 1. The highest BCUT2D eigenvalue weighted by molar-refractivity contribution is 7.20. The van der Waals surface area contributed by atoms with Crippen LogP contribution in [0.5, 0.6) is 0 Å². The number of benzene rings is 1. The molecule has 0 saturated carbocycles. The van der Waals surface area contributed by atoms with Gasteiger partial charge in [0.05, 0.1) is 16.5 Å². The second-order valence-corrected chi connectivity index (χ2v) is 6.17. The number of rotatable bonds is 4. The van der Waals surface area contributed by atoms with Crippen LogP contribution in [0.1, 0.15) is 21.6 Å². The first-order chi connectivity index (χ1) is 10.8. The van der Waals surface area contributed by atoms with Gasteiger partial charge in [0.1, 0.15) is 11.6 Å². The lowest BCUT2D eigenvalue weighted by molar-refractivity contribution is 0.0466. The molecule has 108 valence electrons. The third kappa shape index (κ3) is 3.06. The third-order valence-electron chi connectivity index (χ3n) is 2.94. The van der Waals surface area contributed by atoms with Crippen molar-refractivity contribution in [2.45, 2.75) is 6.61 Å². The Hall–Kier alpha value is -2.49. The zero-order valence-electron chi connectivity index (χ0n) is 11.4. The second-order valence-electron chi connectivity index (χ2n) is 4.36. The summed E-state index contributed by atoms with van der Waals surface area (Å²) in [4.78, 5) is 17.4. The minimum Gasteiger partial charge on any atom is -0.456 e. The normalized spacial score (nSPS) is 10.1. The Morgan fingerprint density at radius 1 is 1.23 bits per heavy atom. The summed E-state index contributed by atoms with van der Waals surface area (Å²) in [6, 6.07) is 13.0. The van der Waals surface area contributed by atoms with E-state index in [-0.39, 0.29) is 6.61 Å². The Labute approximate surface area is 135 Å². The highest BCUT2D eigenvalue weighted by Crippen LogP contribution is 2.28. The third-order valence-corrected chi connectivity index (χ3v) is 4.82. The Balaban J connectivity index is 1.69. The van der Waals surface area contributed by atoms with E-state index in [0.717, 1.165) is 9.88 Å². The van der Waals surface area contributed by atoms with Crippen LogP contribution in [-0.4, -0.2) is 11.0 Å². The monoisotopic (exact) mass is 326 g/mol. The molecule has 0 bridgehead atoms. The molecule has 3 rings (SSSR count). The van der Waals surface area contributed by atoms with E-state index in [9.17, 15) is 4.79 Å². The molecule has 22 heavy (non-hydrogen) atoms. The van der Waals surface area contributed by atoms with Gasteiger partial charge in [0.15, 0.2) is 5.69 Å². The molecule has 0 aliphatic rings. The van der Waals surface area contributed by atoms with E-state index < -0.39 is 5.97 Å². The molecule has 0 radical (unpaired) electrons. The number of carbonyl (C=O) groups is 1. The predicted octanol–water partition coefficient (Wildman–Crippen LogP) is 4.10. The lowest BCUT2D eigenvalue weighted by Crippen LogP contribution is -2.06. The van der Waals surface area contributed by atoms with Gasteiger partial charge in [-0.2, -0.15) is 5.26 Å². The van der Waals surface area contributed by atoms with E-state index in [0.29, 0.717) is 16.8 Å². The number of nitriles is 1. The van der Waals surface area contributed by atoms with Gasteiger partial charge in [-0.25, -0.2) is 9.78 Å². The number of nitrogens with zero attached hydrogens (tertiary/aromatic N) is 2. The van der Waals surface area contributed by atoms with Crippen LogP contribution in [-0.2, 0) is 11.3 Å². The first-order valence-electron chi connectivity index (χ1n) is 6.42. The van der Waals surface area contributed by atoms with Crippen molar-refractivity contribution in [1.29, 1.82) is 5.26 Å². The molecular weight excluding hydrogens is 316 g/mol. The Morgan fingerprint density at radius 2 is 2.09 bits per heavy atom. The van der Waals surface area contributed by atoms with Crippen molar-refractivity contribution in [2.75, 3.05) is 0 Å². The topological polar surface area (TPSA) is 63.0 Å². The maximum absolute atomic E-state index is 12.0. The average Bonchev–Trinajstić information content (AvgIpc) is 3.23. The SMILES string of the molecule is N#Cc1ccccc1COC(=O)c1csc(-c2cccs2)n1. The predicted molar refractivity (Wildman–Crippen MR) is 85.7 cm³/mol. The minimum absolute atomic E-state index is 0.0639. The Kier molecular flexibility index (Phi) is 4.28. The molecule has 0 atom stereocenters. The zero-order chi connectivity index (χ0) is 15.4. The van der Waals surface area contributed by atoms with Crippen molar-refractivity contribution in [2.24, 2.45) is 0 Å². The van der Waals surface area contributed by atoms with Gasteiger partial charge < -0.3 is 4.74 Å². The van der Waals surface area contributed by atoms with Gasteiger partial charge in [-0.15, -0.1) is 22.7 Å². The molecule has 0 unspecified atom stereocenters. The van der Waals surface area contributed by atoms with E-state index in [1.807, 2.05) is 23.6 Å². The molecule has 2 heterocycles. The maximum Gasteiger partial charge on any atom is 0.358 e. The molecule has 0 aliphatic heterocycles. The van der Waals surface area contributed by atoms with Crippen molar-refractivity contribution in [3.63, 3.8) is 0 Å². The summed E-state index contributed by atoms with van der Waals surface area (Å²) >= 11 is 2.99. The van der Waals surface area contributed by atoms with Crippen LogP contribution >= 0.6 is 22.7 Å². The molecule has 2 aromatic heterocycles. The van der Waals surface area contributed by atoms with Gasteiger partial charge >= 0.3 is 5.97 Å². The zero-order valence-corrected chi connectivity index (χ0v) is 13.0.